The van der Waals surface area contributed by atoms with Crippen LogP contribution in [0.4, 0.5) is 4.39 Å². The van der Waals surface area contributed by atoms with Crippen LogP contribution in [0.15, 0.2) is 34.9 Å². The highest BCUT2D eigenvalue weighted by Gasteiger charge is 2.33. The molecule has 0 bridgehead atoms. The molecule has 0 saturated carbocycles. The summed E-state index contributed by atoms with van der Waals surface area (Å²) in [7, 11) is 0. The number of halogens is 1. The highest BCUT2D eigenvalue weighted by Crippen LogP contribution is 2.25. The van der Waals surface area contributed by atoms with Gasteiger partial charge in [0.15, 0.2) is 5.76 Å². The van der Waals surface area contributed by atoms with Gasteiger partial charge in [0.1, 0.15) is 6.17 Å². The van der Waals surface area contributed by atoms with Crippen LogP contribution in [0.2, 0.25) is 0 Å². The number of hydrogen-bond acceptors (Lipinski definition) is 4. The topological polar surface area (TPSA) is 41.3 Å². The molecular formula is C19H24FN3O. The zero-order chi connectivity index (χ0) is 16.5. The number of fused-ring (bicyclic) bond motifs is 1. The van der Waals surface area contributed by atoms with Gasteiger partial charge in [0.05, 0.1) is 12.2 Å². The summed E-state index contributed by atoms with van der Waals surface area (Å²) >= 11 is 0. The molecule has 1 aromatic heterocycles. The minimum atomic E-state index is -0.749. The maximum Gasteiger partial charge on any atom is 0.150 e. The lowest BCUT2D eigenvalue weighted by molar-refractivity contribution is 0.201. The van der Waals surface area contributed by atoms with Gasteiger partial charge in [-0.05, 0) is 37.3 Å². The molecule has 0 radical (unpaired) electrons. The number of aromatic nitrogens is 1. The van der Waals surface area contributed by atoms with Crippen molar-refractivity contribution in [2.75, 3.05) is 13.1 Å². The van der Waals surface area contributed by atoms with Crippen molar-refractivity contribution in [3.8, 4) is 0 Å². The largest absolute Gasteiger partial charge is 0.360 e. The molecule has 1 N–H and O–H groups in total. The van der Waals surface area contributed by atoms with Gasteiger partial charge in [-0.25, -0.2) is 4.39 Å². The van der Waals surface area contributed by atoms with Crippen LogP contribution in [0.3, 0.4) is 0 Å². The Morgan fingerprint density at radius 1 is 1.29 bits per heavy atom. The third kappa shape index (κ3) is 3.37. The molecule has 2 atom stereocenters. The van der Waals surface area contributed by atoms with Crippen LogP contribution in [0, 0.1) is 6.92 Å². The molecule has 2 aliphatic rings. The Kier molecular flexibility index (Phi) is 4.37. The summed E-state index contributed by atoms with van der Waals surface area (Å²) in [6, 6.07) is 11.2. The Labute approximate surface area is 142 Å². The van der Waals surface area contributed by atoms with E-state index in [1.54, 1.807) is 0 Å². The maximum absolute atomic E-state index is 13.9. The summed E-state index contributed by atoms with van der Waals surface area (Å²) < 4.78 is 19.2. The monoisotopic (exact) mass is 329 g/mol. The lowest BCUT2D eigenvalue weighted by Crippen LogP contribution is -2.41. The van der Waals surface area contributed by atoms with Crippen LogP contribution in [-0.2, 0) is 19.4 Å². The number of aryl methyl sites for hydroxylation is 1. The average Bonchev–Trinajstić information content (AvgIpc) is 3.24. The molecular weight excluding hydrogens is 305 g/mol. The molecule has 4 rings (SSSR count). The molecule has 1 saturated heterocycles. The smallest absolute Gasteiger partial charge is 0.150 e. The SMILES string of the molecule is Cc1cc(CN2C[C@@H](F)C[C@H]2CNC2Cc3ccccc3C2)on1. The molecule has 1 aliphatic carbocycles. The third-order valence-corrected chi connectivity index (χ3v) is 5.21. The van der Waals surface area contributed by atoms with E-state index in [-0.39, 0.29) is 6.04 Å². The molecule has 1 fully saturated rings. The van der Waals surface area contributed by atoms with E-state index in [1.165, 1.54) is 11.1 Å². The van der Waals surface area contributed by atoms with E-state index in [1.807, 2.05) is 13.0 Å². The molecule has 128 valence electrons. The van der Waals surface area contributed by atoms with Gasteiger partial charge in [0, 0.05) is 31.2 Å². The average molecular weight is 329 g/mol. The second-order valence-corrected chi connectivity index (χ2v) is 7.13. The van der Waals surface area contributed by atoms with E-state index in [9.17, 15) is 4.39 Å². The van der Waals surface area contributed by atoms with E-state index < -0.39 is 6.17 Å². The number of nitrogens with one attached hydrogen (secondary N) is 1. The van der Waals surface area contributed by atoms with E-state index in [2.05, 4.69) is 39.6 Å². The number of benzene rings is 1. The first-order valence-corrected chi connectivity index (χ1v) is 8.78. The van der Waals surface area contributed by atoms with Crippen molar-refractivity contribution in [3.63, 3.8) is 0 Å². The van der Waals surface area contributed by atoms with Gasteiger partial charge in [-0.15, -0.1) is 0 Å². The number of likely N-dealkylation sites (tertiary alicyclic amines) is 1. The lowest BCUT2D eigenvalue weighted by atomic mass is 10.1. The summed E-state index contributed by atoms with van der Waals surface area (Å²) in [5.41, 5.74) is 3.76. The van der Waals surface area contributed by atoms with Gasteiger partial charge < -0.3 is 9.84 Å². The van der Waals surface area contributed by atoms with Gasteiger partial charge in [-0.2, -0.15) is 0 Å². The van der Waals surface area contributed by atoms with Gasteiger partial charge >= 0.3 is 0 Å². The first-order valence-electron chi connectivity index (χ1n) is 8.78. The van der Waals surface area contributed by atoms with Crippen molar-refractivity contribution in [1.29, 1.82) is 0 Å². The molecule has 1 aromatic carbocycles. The van der Waals surface area contributed by atoms with Gasteiger partial charge in [0.25, 0.3) is 0 Å². The Bertz CT molecular complexity index is 676. The van der Waals surface area contributed by atoms with Crippen LogP contribution < -0.4 is 5.32 Å². The highest BCUT2D eigenvalue weighted by molar-refractivity contribution is 5.33. The third-order valence-electron chi connectivity index (χ3n) is 5.21. The molecule has 5 heteroatoms. The summed E-state index contributed by atoms with van der Waals surface area (Å²) in [5, 5.41) is 7.58. The number of rotatable bonds is 5. The van der Waals surface area contributed by atoms with Crippen LogP contribution >= 0.6 is 0 Å². The molecule has 0 spiro atoms. The fourth-order valence-corrected chi connectivity index (χ4v) is 4.03. The van der Waals surface area contributed by atoms with E-state index in [4.69, 9.17) is 4.52 Å². The normalized spacial score (nSPS) is 24.6. The number of alkyl halides is 1. The zero-order valence-corrected chi connectivity index (χ0v) is 14.0. The van der Waals surface area contributed by atoms with Gasteiger partial charge in [0.2, 0.25) is 0 Å². The first kappa shape index (κ1) is 15.8. The van der Waals surface area contributed by atoms with E-state index in [0.29, 0.717) is 25.6 Å². The van der Waals surface area contributed by atoms with Crippen LogP contribution in [0.1, 0.15) is 29.0 Å². The van der Waals surface area contributed by atoms with Crippen LogP contribution in [-0.4, -0.2) is 41.4 Å². The van der Waals surface area contributed by atoms with Crippen molar-refractivity contribution in [2.45, 2.75) is 51.0 Å². The molecule has 24 heavy (non-hydrogen) atoms. The second kappa shape index (κ2) is 6.65. The minimum absolute atomic E-state index is 0.217. The highest BCUT2D eigenvalue weighted by atomic mass is 19.1. The quantitative estimate of drug-likeness (QED) is 0.916. The molecule has 2 heterocycles. The fraction of sp³-hybridized carbons (Fsp3) is 0.526. The molecule has 1 aliphatic heterocycles. The number of hydrogen-bond donors (Lipinski definition) is 1. The summed E-state index contributed by atoms with van der Waals surface area (Å²) in [6.07, 6.45) is 1.99. The van der Waals surface area contributed by atoms with Crippen LogP contribution in [0.5, 0.6) is 0 Å². The second-order valence-electron chi connectivity index (χ2n) is 7.13. The van der Waals surface area contributed by atoms with Gasteiger partial charge in [-0.3, -0.25) is 4.90 Å². The summed E-state index contributed by atoms with van der Waals surface area (Å²) in [5.74, 6) is 0.819. The van der Waals surface area contributed by atoms with Crippen molar-refractivity contribution in [2.24, 2.45) is 0 Å². The Balaban J connectivity index is 1.33. The van der Waals surface area contributed by atoms with E-state index >= 15 is 0 Å². The number of nitrogens with zero attached hydrogens (tertiary/aromatic N) is 2. The zero-order valence-electron chi connectivity index (χ0n) is 14.0. The van der Waals surface area contributed by atoms with Crippen molar-refractivity contribution in [3.05, 3.63) is 52.9 Å². The first-order chi connectivity index (χ1) is 11.7. The maximum atomic E-state index is 13.9. The van der Waals surface area contributed by atoms with Crippen LogP contribution in [0.25, 0.3) is 0 Å². The molecule has 4 nitrogen and oxygen atoms in total. The predicted molar refractivity (Wildman–Crippen MR) is 90.6 cm³/mol. The Morgan fingerprint density at radius 3 is 2.71 bits per heavy atom. The molecule has 2 aromatic rings. The lowest BCUT2D eigenvalue weighted by Gasteiger charge is -2.24. The predicted octanol–water partition coefficient (Wildman–Crippen LogP) is 2.65. The minimum Gasteiger partial charge on any atom is -0.360 e. The fourth-order valence-electron chi connectivity index (χ4n) is 4.03. The summed E-state index contributed by atoms with van der Waals surface area (Å²) in [6.45, 7) is 3.85. The van der Waals surface area contributed by atoms with E-state index in [0.717, 1.165) is 30.8 Å². The molecule has 0 amide bonds. The Hall–Kier alpha value is -1.72. The van der Waals surface area contributed by atoms with Crippen molar-refractivity contribution >= 4 is 0 Å². The van der Waals surface area contributed by atoms with Crippen molar-refractivity contribution in [1.82, 2.24) is 15.4 Å². The molecule has 0 unspecified atom stereocenters. The Morgan fingerprint density at radius 2 is 2.04 bits per heavy atom. The van der Waals surface area contributed by atoms with Gasteiger partial charge in [-0.1, -0.05) is 29.4 Å². The van der Waals surface area contributed by atoms with Crippen molar-refractivity contribution < 1.29 is 8.91 Å². The standard InChI is InChI=1S/C19H24FN3O/c1-13-6-19(24-22-13)12-23-11-16(20)9-18(23)10-21-17-7-14-4-2-3-5-15(14)8-17/h2-6,16-18,21H,7-12H2,1H3/t16-,18-/m0/s1. The summed E-state index contributed by atoms with van der Waals surface area (Å²) in [4.78, 5) is 2.18.